The smallest absolute Gasteiger partial charge is 0.320 e. The fraction of sp³-hybridized carbons (Fsp3) is 0.500. The van der Waals surface area contributed by atoms with E-state index in [0.29, 0.717) is 11.7 Å². The zero-order chi connectivity index (χ0) is 13.9. The van der Waals surface area contributed by atoms with Gasteiger partial charge in [0.2, 0.25) is 0 Å². The van der Waals surface area contributed by atoms with Gasteiger partial charge in [-0.05, 0) is 24.8 Å². The monoisotopic (exact) mass is 273 g/mol. The maximum absolute atomic E-state index is 12.0. The number of rotatable bonds is 2. The van der Waals surface area contributed by atoms with Crippen molar-refractivity contribution >= 4 is 23.0 Å². The number of carbonyl (C=O) groups is 1. The van der Waals surface area contributed by atoms with Crippen molar-refractivity contribution in [2.45, 2.75) is 38.6 Å². The highest BCUT2D eigenvalue weighted by Crippen LogP contribution is 2.23. The molecule has 2 amide bonds. The molecule has 0 bridgehead atoms. The number of nitrogens with zero attached hydrogens (tertiary/aromatic N) is 2. The minimum absolute atomic E-state index is 0.201. The van der Waals surface area contributed by atoms with Crippen molar-refractivity contribution in [1.82, 2.24) is 20.3 Å². The van der Waals surface area contributed by atoms with Gasteiger partial charge in [0.25, 0.3) is 0 Å². The van der Waals surface area contributed by atoms with Gasteiger partial charge in [0.05, 0.1) is 6.20 Å². The third-order valence-electron chi connectivity index (χ3n) is 3.77. The Kier molecular flexibility index (Phi) is 3.54. The molecule has 1 aliphatic carbocycles. The molecule has 0 aromatic carbocycles. The minimum atomic E-state index is -0.201. The third kappa shape index (κ3) is 2.89. The molecule has 2 aromatic rings. The lowest BCUT2D eigenvalue weighted by Crippen LogP contribution is -2.40. The molecule has 2 atom stereocenters. The highest BCUT2D eigenvalue weighted by Gasteiger charge is 2.20. The second kappa shape index (κ2) is 5.48. The second-order valence-electron chi connectivity index (χ2n) is 5.53. The van der Waals surface area contributed by atoms with Crippen LogP contribution in [0.1, 0.15) is 32.6 Å². The first-order valence-electron chi connectivity index (χ1n) is 7.08. The number of hydrogen-bond donors (Lipinski definition) is 3. The van der Waals surface area contributed by atoms with E-state index in [0.717, 1.165) is 24.0 Å². The lowest BCUT2D eigenvalue weighted by atomic mass is 9.87. The van der Waals surface area contributed by atoms with E-state index < -0.39 is 0 Å². The van der Waals surface area contributed by atoms with Gasteiger partial charge in [-0.15, -0.1) is 0 Å². The molecule has 3 N–H and O–H groups in total. The molecule has 6 heteroatoms. The zero-order valence-electron chi connectivity index (χ0n) is 11.5. The van der Waals surface area contributed by atoms with E-state index in [4.69, 9.17) is 0 Å². The first kappa shape index (κ1) is 12.9. The van der Waals surface area contributed by atoms with Gasteiger partial charge in [-0.2, -0.15) is 0 Å². The molecule has 0 radical (unpaired) electrons. The Morgan fingerprint density at radius 2 is 2.35 bits per heavy atom. The molecule has 2 unspecified atom stereocenters. The van der Waals surface area contributed by atoms with Crippen LogP contribution in [-0.2, 0) is 0 Å². The Hall–Kier alpha value is -2.11. The number of aromatic nitrogens is 3. The average Bonchev–Trinajstić information content (AvgIpc) is 2.86. The molecule has 1 saturated carbocycles. The summed E-state index contributed by atoms with van der Waals surface area (Å²) in [5.41, 5.74) is 1.46. The van der Waals surface area contributed by atoms with Crippen LogP contribution in [0.4, 0.5) is 10.6 Å². The molecular weight excluding hydrogens is 254 g/mol. The van der Waals surface area contributed by atoms with Crippen LogP contribution in [0.5, 0.6) is 0 Å². The van der Waals surface area contributed by atoms with Crippen LogP contribution in [0.25, 0.3) is 11.2 Å². The summed E-state index contributed by atoms with van der Waals surface area (Å²) in [5, 5.41) is 5.76. The molecule has 1 fully saturated rings. The molecule has 20 heavy (non-hydrogen) atoms. The van der Waals surface area contributed by atoms with Gasteiger partial charge in [0.15, 0.2) is 11.5 Å². The maximum atomic E-state index is 12.0. The van der Waals surface area contributed by atoms with E-state index in [9.17, 15) is 4.79 Å². The number of carbonyl (C=O) groups excluding carboxylic acids is 1. The minimum Gasteiger partial charge on any atom is -0.345 e. The van der Waals surface area contributed by atoms with Crippen LogP contribution >= 0.6 is 0 Å². The molecule has 0 spiro atoms. The summed E-state index contributed by atoms with van der Waals surface area (Å²) in [6.45, 7) is 2.23. The van der Waals surface area contributed by atoms with E-state index in [1.807, 2.05) is 6.07 Å². The number of urea groups is 1. The van der Waals surface area contributed by atoms with Gasteiger partial charge in [-0.1, -0.05) is 19.8 Å². The number of H-pyrrole nitrogens is 1. The van der Waals surface area contributed by atoms with E-state index >= 15 is 0 Å². The molecule has 0 aliphatic heterocycles. The van der Waals surface area contributed by atoms with Gasteiger partial charge in [0, 0.05) is 12.2 Å². The van der Waals surface area contributed by atoms with Crippen molar-refractivity contribution in [3.63, 3.8) is 0 Å². The number of nitrogens with one attached hydrogen (secondary N) is 3. The van der Waals surface area contributed by atoms with Gasteiger partial charge in [0.1, 0.15) is 5.52 Å². The largest absolute Gasteiger partial charge is 0.345 e. The summed E-state index contributed by atoms with van der Waals surface area (Å²) >= 11 is 0. The van der Waals surface area contributed by atoms with E-state index in [-0.39, 0.29) is 12.1 Å². The first-order valence-corrected chi connectivity index (χ1v) is 7.08. The number of amides is 2. The molecule has 106 valence electrons. The Morgan fingerprint density at radius 1 is 1.45 bits per heavy atom. The number of anilines is 1. The molecule has 3 rings (SSSR count). The van der Waals surface area contributed by atoms with Crippen molar-refractivity contribution in [2.24, 2.45) is 5.92 Å². The fourth-order valence-corrected chi connectivity index (χ4v) is 2.79. The number of aromatic amines is 1. The van der Waals surface area contributed by atoms with E-state index in [2.05, 4.69) is 32.5 Å². The summed E-state index contributed by atoms with van der Waals surface area (Å²) in [5.74, 6) is 1.16. The summed E-state index contributed by atoms with van der Waals surface area (Å²) < 4.78 is 0. The van der Waals surface area contributed by atoms with Crippen LogP contribution in [0, 0.1) is 5.92 Å². The molecule has 6 nitrogen and oxygen atoms in total. The van der Waals surface area contributed by atoms with Crippen LogP contribution in [0.15, 0.2) is 18.5 Å². The second-order valence-corrected chi connectivity index (χ2v) is 5.53. The lowest BCUT2D eigenvalue weighted by molar-refractivity contribution is 0.238. The van der Waals surface area contributed by atoms with Crippen molar-refractivity contribution in [2.75, 3.05) is 5.32 Å². The Morgan fingerprint density at radius 3 is 3.20 bits per heavy atom. The van der Waals surface area contributed by atoms with Gasteiger partial charge < -0.3 is 10.3 Å². The van der Waals surface area contributed by atoms with Crippen molar-refractivity contribution in [1.29, 1.82) is 0 Å². The summed E-state index contributed by atoms with van der Waals surface area (Å²) in [6.07, 6.45) is 7.88. The first-order chi connectivity index (χ1) is 9.70. The van der Waals surface area contributed by atoms with E-state index in [1.54, 1.807) is 12.4 Å². The highest BCUT2D eigenvalue weighted by atomic mass is 16.2. The number of fused-ring (bicyclic) bond motifs is 1. The summed E-state index contributed by atoms with van der Waals surface area (Å²) in [6, 6.07) is 1.89. The van der Waals surface area contributed by atoms with Crippen molar-refractivity contribution in [3.05, 3.63) is 18.5 Å². The van der Waals surface area contributed by atoms with Crippen LogP contribution in [0.3, 0.4) is 0 Å². The lowest BCUT2D eigenvalue weighted by Gasteiger charge is -2.27. The maximum Gasteiger partial charge on any atom is 0.320 e. The third-order valence-corrected chi connectivity index (χ3v) is 3.77. The summed E-state index contributed by atoms with van der Waals surface area (Å²) in [4.78, 5) is 23.4. The SMILES string of the molecule is CC1CCCC(NC(=O)Nc2cnc3[nH]ccc3n2)C1. The summed E-state index contributed by atoms with van der Waals surface area (Å²) in [7, 11) is 0. The fourth-order valence-electron chi connectivity index (χ4n) is 2.79. The van der Waals surface area contributed by atoms with Crippen LogP contribution in [0.2, 0.25) is 0 Å². The Bertz CT molecular complexity index is 608. The number of hydrogen-bond acceptors (Lipinski definition) is 3. The topological polar surface area (TPSA) is 82.7 Å². The van der Waals surface area contributed by atoms with Gasteiger partial charge in [-0.25, -0.2) is 14.8 Å². The predicted octanol–water partition coefficient (Wildman–Crippen LogP) is 2.66. The molecule has 0 saturated heterocycles. The average molecular weight is 273 g/mol. The normalized spacial score (nSPS) is 22.6. The quantitative estimate of drug-likeness (QED) is 0.786. The van der Waals surface area contributed by atoms with Crippen molar-refractivity contribution in [3.8, 4) is 0 Å². The standard InChI is InChI=1S/C14H19N5O/c1-9-3-2-4-10(7-9)17-14(20)19-12-8-16-13-11(18-12)5-6-15-13/h5-6,8-10H,2-4,7H2,1H3,(H,15,16)(H2,17,18,19,20). The van der Waals surface area contributed by atoms with Crippen LogP contribution in [-0.4, -0.2) is 27.0 Å². The zero-order valence-corrected chi connectivity index (χ0v) is 11.5. The Balaban J connectivity index is 1.60. The molecule has 2 heterocycles. The van der Waals surface area contributed by atoms with Gasteiger partial charge >= 0.3 is 6.03 Å². The van der Waals surface area contributed by atoms with Gasteiger partial charge in [-0.3, -0.25) is 5.32 Å². The molecule has 1 aliphatic rings. The Labute approximate surface area is 117 Å². The van der Waals surface area contributed by atoms with E-state index in [1.165, 1.54) is 12.8 Å². The molecular formula is C14H19N5O. The van der Waals surface area contributed by atoms with Crippen LogP contribution < -0.4 is 10.6 Å². The predicted molar refractivity (Wildman–Crippen MR) is 77.5 cm³/mol. The molecule has 2 aromatic heterocycles. The highest BCUT2D eigenvalue weighted by molar-refractivity contribution is 5.89. The van der Waals surface area contributed by atoms with Crippen molar-refractivity contribution < 1.29 is 4.79 Å².